The van der Waals surface area contributed by atoms with Gasteiger partial charge in [0.2, 0.25) is 0 Å². The standard InChI is InChI=1S/C15H15ClN2OS/c16-11-7-14(20-9-11)8-17-13-3-1-2-10(6-13)15(19)18-12-4-5-12/h1-3,6-7,9,12,17H,4-5,8H2,(H,18,19). The predicted molar refractivity (Wildman–Crippen MR) is 83.6 cm³/mol. The van der Waals surface area contributed by atoms with E-state index in [1.165, 1.54) is 4.88 Å². The summed E-state index contributed by atoms with van der Waals surface area (Å²) in [5, 5.41) is 8.99. The number of anilines is 1. The minimum absolute atomic E-state index is 0.00955. The lowest BCUT2D eigenvalue weighted by Gasteiger charge is -2.08. The van der Waals surface area contributed by atoms with Crippen molar-refractivity contribution in [2.45, 2.75) is 25.4 Å². The maximum Gasteiger partial charge on any atom is 0.251 e. The fraction of sp³-hybridized carbons (Fsp3) is 0.267. The third-order valence-electron chi connectivity index (χ3n) is 3.13. The van der Waals surface area contributed by atoms with Gasteiger partial charge in [0.25, 0.3) is 5.91 Å². The number of rotatable bonds is 5. The molecule has 1 fully saturated rings. The molecule has 1 aromatic heterocycles. The lowest BCUT2D eigenvalue weighted by atomic mass is 10.2. The van der Waals surface area contributed by atoms with Gasteiger partial charge in [-0.05, 0) is 37.1 Å². The Hall–Kier alpha value is -1.52. The third kappa shape index (κ3) is 3.52. The summed E-state index contributed by atoms with van der Waals surface area (Å²) in [7, 11) is 0. The first-order chi connectivity index (χ1) is 9.70. The molecule has 0 saturated heterocycles. The smallest absolute Gasteiger partial charge is 0.251 e. The number of hydrogen-bond donors (Lipinski definition) is 2. The van der Waals surface area contributed by atoms with Crippen molar-refractivity contribution in [1.82, 2.24) is 5.32 Å². The highest BCUT2D eigenvalue weighted by Gasteiger charge is 2.23. The Morgan fingerprint density at radius 2 is 2.20 bits per heavy atom. The highest BCUT2D eigenvalue weighted by atomic mass is 35.5. The van der Waals surface area contributed by atoms with E-state index in [2.05, 4.69) is 10.6 Å². The first kappa shape index (κ1) is 13.5. The van der Waals surface area contributed by atoms with E-state index in [4.69, 9.17) is 11.6 Å². The number of halogens is 1. The second-order valence-corrected chi connectivity index (χ2v) is 6.35. The van der Waals surface area contributed by atoms with Gasteiger partial charge in [0.15, 0.2) is 0 Å². The molecule has 3 rings (SSSR count). The topological polar surface area (TPSA) is 41.1 Å². The van der Waals surface area contributed by atoms with Gasteiger partial charge in [-0.15, -0.1) is 11.3 Å². The molecule has 0 radical (unpaired) electrons. The van der Waals surface area contributed by atoms with Gasteiger partial charge in [0, 0.05) is 34.1 Å². The molecule has 1 aliphatic carbocycles. The van der Waals surface area contributed by atoms with Crippen LogP contribution in [0, 0.1) is 0 Å². The molecular weight excluding hydrogens is 292 g/mol. The number of benzene rings is 1. The zero-order chi connectivity index (χ0) is 13.9. The van der Waals surface area contributed by atoms with E-state index >= 15 is 0 Å². The van der Waals surface area contributed by atoms with Crippen LogP contribution in [0.5, 0.6) is 0 Å². The van der Waals surface area contributed by atoms with E-state index < -0.39 is 0 Å². The summed E-state index contributed by atoms with van der Waals surface area (Å²) in [5.74, 6) is 0.00955. The van der Waals surface area contributed by atoms with E-state index in [-0.39, 0.29) is 5.91 Å². The molecular formula is C15H15ClN2OS. The zero-order valence-corrected chi connectivity index (χ0v) is 12.4. The molecule has 0 spiro atoms. The zero-order valence-electron chi connectivity index (χ0n) is 10.9. The van der Waals surface area contributed by atoms with Crippen molar-refractivity contribution in [2.75, 3.05) is 5.32 Å². The van der Waals surface area contributed by atoms with Crippen molar-refractivity contribution in [3.63, 3.8) is 0 Å². The average molecular weight is 307 g/mol. The highest BCUT2D eigenvalue weighted by molar-refractivity contribution is 7.10. The Balaban J connectivity index is 1.62. The molecule has 1 aliphatic rings. The van der Waals surface area contributed by atoms with Crippen LogP contribution < -0.4 is 10.6 Å². The molecule has 3 nitrogen and oxygen atoms in total. The summed E-state index contributed by atoms with van der Waals surface area (Å²) < 4.78 is 0. The minimum Gasteiger partial charge on any atom is -0.380 e. The Kier molecular flexibility index (Phi) is 3.94. The Bertz CT molecular complexity index is 622. The molecule has 1 aromatic carbocycles. The van der Waals surface area contributed by atoms with E-state index in [1.54, 1.807) is 11.3 Å². The molecule has 104 valence electrons. The number of hydrogen-bond acceptors (Lipinski definition) is 3. The summed E-state index contributed by atoms with van der Waals surface area (Å²) in [6.45, 7) is 0.713. The van der Waals surface area contributed by atoms with Crippen LogP contribution >= 0.6 is 22.9 Å². The monoisotopic (exact) mass is 306 g/mol. The summed E-state index contributed by atoms with van der Waals surface area (Å²) in [4.78, 5) is 13.1. The van der Waals surface area contributed by atoms with Crippen molar-refractivity contribution >= 4 is 34.5 Å². The summed E-state index contributed by atoms with van der Waals surface area (Å²) in [6.07, 6.45) is 2.20. The van der Waals surface area contributed by atoms with E-state index in [0.717, 1.165) is 23.6 Å². The first-order valence-corrected chi connectivity index (χ1v) is 7.84. The van der Waals surface area contributed by atoms with Gasteiger partial charge in [-0.3, -0.25) is 4.79 Å². The Labute approximate surface area is 127 Å². The fourth-order valence-electron chi connectivity index (χ4n) is 1.90. The maximum absolute atomic E-state index is 12.0. The van der Waals surface area contributed by atoms with Crippen molar-refractivity contribution in [3.05, 3.63) is 51.2 Å². The van der Waals surface area contributed by atoms with E-state index in [0.29, 0.717) is 18.2 Å². The molecule has 5 heteroatoms. The minimum atomic E-state index is 0.00955. The SMILES string of the molecule is O=C(NC1CC1)c1cccc(NCc2cc(Cl)cs2)c1. The molecule has 0 aliphatic heterocycles. The van der Waals surface area contributed by atoms with Crippen LogP contribution in [0.3, 0.4) is 0 Å². The van der Waals surface area contributed by atoms with Gasteiger partial charge in [-0.25, -0.2) is 0 Å². The van der Waals surface area contributed by atoms with Crippen LogP contribution in [0.15, 0.2) is 35.7 Å². The maximum atomic E-state index is 12.0. The molecule has 0 bridgehead atoms. The van der Waals surface area contributed by atoms with Crippen molar-refractivity contribution < 1.29 is 4.79 Å². The van der Waals surface area contributed by atoms with Crippen LogP contribution in [0.2, 0.25) is 5.02 Å². The van der Waals surface area contributed by atoms with Gasteiger partial charge in [0.05, 0.1) is 5.02 Å². The van der Waals surface area contributed by atoms with Crippen molar-refractivity contribution in [3.8, 4) is 0 Å². The van der Waals surface area contributed by atoms with Gasteiger partial charge in [0.1, 0.15) is 0 Å². The number of thiophene rings is 1. The third-order valence-corrected chi connectivity index (χ3v) is 4.41. The Morgan fingerprint density at radius 1 is 1.35 bits per heavy atom. The second kappa shape index (κ2) is 5.85. The first-order valence-electron chi connectivity index (χ1n) is 6.58. The summed E-state index contributed by atoms with van der Waals surface area (Å²) in [5.41, 5.74) is 1.64. The van der Waals surface area contributed by atoms with Crippen molar-refractivity contribution in [1.29, 1.82) is 0 Å². The number of amides is 1. The molecule has 0 atom stereocenters. The van der Waals surface area contributed by atoms with Crippen LogP contribution in [0.25, 0.3) is 0 Å². The molecule has 1 saturated carbocycles. The van der Waals surface area contributed by atoms with Gasteiger partial charge >= 0.3 is 0 Å². The van der Waals surface area contributed by atoms with Gasteiger partial charge in [-0.1, -0.05) is 17.7 Å². The van der Waals surface area contributed by atoms with Crippen LogP contribution in [-0.4, -0.2) is 11.9 Å². The summed E-state index contributed by atoms with van der Waals surface area (Å²) >= 11 is 7.52. The molecule has 20 heavy (non-hydrogen) atoms. The number of carbonyl (C=O) groups is 1. The normalized spacial score (nSPS) is 14.1. The number of nitrogens with one attached hydrogen (secondary N) is 2. The van der Waals surface area contributed by atoms with E-state index in [1.807, 2.05) is 35.7 Å². The fourth-order valence-corrected chi connectivity index (χ4v) is 2.92. The van der Waals surface area contributed by atoms with Crippen LogP contribution in [0.4, 0.5) is 5.69 Å². The molecule has 0 unspecified atom stereocenters. The van der Waals surface area contributed by atoms with Gasteiger partial charge in [-0.2, -0.15) is 0 Å². The number of carbonyl (C=O) groups excluding carboxylic acids is 1. The summed E-state index contributed by atoms with van der Waals surface area (Å²) in [6, 6.07) is 9.91. The molecule has 1 heterocycles. The molecule has 2 aromatic rings. The Morgan fingerprint density at radius 3 is 2.90 bits per heavy atom. The largest absolute Gasteiger partial charge is 0.380 e. The lowest BCUT2D eigenvalue weighted by molar-refractivity contribution is 0.0951. The molecule has 1 amide bonds. The predicted octanol–water partition coefficient (Wildman–Crippen LogP) is 3.91. The molecule has 2 N–H and O–H groups in total. The van der Waals surface area contributed by atoms with Gasteiger partial charge < -0.3 is 10.6 Å². The quantitative estimate of drug-likeness (QED) is 0.879. The van der Waals surface area contributed by atoms with Crippen LogP contribution in [-0.2, 0) is 6.54 Å². The highest BCUT2D eigenvalue weighted by Crippen LogP contribution is 2.22. The lowest BCUT2D eigenvalue weighted by Crippen LogP contribution is -2.25. The van der Waals surface area contributed by atoms with Crippen molar-refractivity contribution in [2.24, 2.45) is 0 Å². The second-order valence-electron chi connectivity index (χ2n) is 4.91. The van der Waals surface area contributed by atoms with Crippen LogP contribution in [0.1, 0.15) is 28.1 Å². The van der Waals surface area contributed by atoms with E-state index in [9.17, 15) is 4.79 Å². The average Bonchev–Trinajstić information content (AvgIpc) is 3.17.